The third-order valence-corrected chi connectivity index (χ3v) is 4.59. The van der Waals surface area contributed by atoms with E-state index >= 15 is 0 Å². The number of aryl methyl sites for hydroxylation is 1. The second-order valence-electron chi connectivity index (χ2n) is 6.18. The molecule has 1 aromatic heterocycles. The molecule has 0 bridgehead atoms. The number of carbonyl (C=O) groups is 1. The maximum Gasteiger partial charge on any atom is 0.254 e. The van der Waals surface area contributed by atoms with Gasteiger partial charge in [-0.25, -0.2) is 8.78 Å². The maximum absolute atomic E-state index is 13.3. The van der Waals surface area contributed by atoms with Crippen molar-refractivity contribution in [3.63, 3.8) is 0 Å². The van der Waals surface area contributed by atoms with Gasteiger partial charge in [0.2, 0.25) is 0 Å². The van der Waals surface area contributed by atoms with E-state index in [9.17, 15) is 13.6 Å². The van der Waals surface area contributed by atoms with Crippen LogP contribution in [0.25, 0.3) is 0 Å². The van der Waals surface area contributed by atoms with E-state index in [4.69, 9.17) is 0 Å². The highest BCUT2D eigenvalue weighted by molar-refractivity contribution is 5.95. The topological polar surface area (TPSA) is 50.2 Å². The molecule has 2 heterocycles. The Kier molecular flexibility index (Phi) is 4.51. The van der Waals surface area contributed by atoms with Crippen LogP contribution in [0.5, 0.6) is 0 Å². The van der Waals surface area contributed by atoms with E-state index in [0.29, 0.717) is 24.3 Å². The molecule has 128 valence electrons. The van der Waals surface area contributed by atoms with Gasteiger partial charge in [-0.3, -0.25) is 9.48 Å². The third-order valence-electron chi connectivity index (χ3n) is 4.59. The lowest BCUT2D eigenvalue weighted by molar-refractivity contribution is 0.0947. The average molecular weight is 334 g/mol. The molecule has 0 saturated carbocycles. The van der Waals surface area contributed by atoms with E-state index in [-0.39, 0.29) is 11.8 Å². The van der Waals surface area contributed by atoms with Gasteiger partial charge in [-0.15, -0.1) is 0 Å². The molecule has 1 saturated heterocycles. The summed E-state index contributed by atoms with van der Waals surface area (Å²) in [7, 11) is 1.79. The first kappa shape index (κ1) is 16.4. The van der Waals surface area contributed by atoms with E-state index < -0.39 is 11.6 Å². The van der Waals surface area contributed by atoms with Gasteiger partial charge in [0.15, 0.2) is 11.6 Å². The van der Waals surface area contributed by atoms with Gasteiger partial charge in [0.25, 0.3) is 5.91 Å². The highest BCUT2D eigenvalue weighted by Gasteiger charge is 2.24. The van der Waals surface area contributed by atoms with Crippen molar-refractivity contribution >= 4 is 11.6 Å². The lowest BCUT2D eigenvalue weighted by Gasteiger charge is -2.19. The number of nitrogens with one attached hydrogen (secondary N) is 1. The van der Waals surface area contributed by atoms with E-state index in [1.807, 2.05) is 11.8 Å². The minimum atomic E-state index is -0.839. The monoisotopic (exact) mass is 334 g/mol. The first-order valence-electron chi connectivity index (χ1n) is 7.92. The molecule has 0 aliphatic carbocycles. The van der Waals surface area contributed by atoms with Crippen LogP contribution in [-0.2, 0) is 7.05 Å². The largest absolute Gasteiger partial charge is 0.371 e. The Morgan fingerprint density at radius 2 is 2.17 bits per heavy atom. The predicted octanol–water partition coefficient (Wildman–Crippen LogP) is 2.26. The van der Waals surface area contributed by atoms with Crippen LogP contribution in [0, 0.1) is 24.5 Å². The molecule has 5 nitrogen and oxygen atoms in total. The van der Waals surface area contributed by atoms with Crippen LogP contribution >= 0.6 is 0 Å². The van der Waals surface area contributed by atoms with Gasteiger partial charge in [0.05, 0.1) is 11.8 Å². The summed E-state index contributed by atoms with van der Waals surface area (Å²) >= 11 is 0. The minimum absolute atomic E-state index is 0.133. The quantitative estimate of drug-likeness (QED) is 0.933. The normalized spacial score (nSPS) is 17.3. The van der Waals surface area contributed by atoms with Crippen LogP contribution in [0.4, 0.5) is 14.5 Å². The molecule has 7 heteroatoms. The Morgan fingerprint density at radius 3 is 2.83 bits per heavy atom. The van der Waals surface area contributed by atoms with Crippen molar-refractivity contribution in [3.8, 4) is 0 Å². The van der Waals surface area contributed by atoms with Crippen LogP contribution in [-0.4, -0.2) is 35.3 Å². The summed E-state index contributed by atoms with van der Waals surface area (Å²) < 4.78 is 28.0. The Labute approximate surface area is 139 Å². The van der Waals surface area contributed by atoms with E-state index in [1.54, 1.807) is 24.0 Å². The molecule has 1 aromatic carbocycles. The summed E-state index contributed by atoms with van der Waals surface area (Å²) in [6.07, 6.45) is 2.46. The summed E-state index contributed by atoms with van der Waals surface area (Å²) in [4.78, 5) is 14.2. The summed E-state index contributed by atoms with van der Waals surface area (Å²) in [6, 6.07) is 3.94. The zero-order valence-corrected chi connectivity index (χ0v) is 13.7. The van der Waals surface area contributed by atoms with Crippen LogP contribution in [0.3, 0.4) is 0 Å². The minimum Gasteiger partial charge on any atom is -0.371 e. The molecule has 24 heavy (non-hydrogen) atoms. The number of rotatable bonds is 4. The summed E-state index contributed by atoms with van der Waals surface area (Å²) in [5.41, 5.74) is 2.07. The number of aromatic nitrogens is 2. The number of hydrogen-bond acceptors (Lipinski definition) is 3. The zero-order valence-electron chi connectivity index (χ0n) is 13.7. The Bertz CT molecular complexity index is 759. The third kappa shape index (κ3) is 3.25. The van der Waals surface area contributed by atoms with Crippen LogP contribution in [0.2, 0.25) is 0 Å². The molecule has 0 radical (unpaired) electrons. The molecule has 1 amide bonds. The molecule has 1 fully saturated rings. The summed E-state index contributed by atoms with van der Waals surface area (Å²) in [6.45, 7) is 3.87. The molecule has 2 aromatic rings. The fraction of sp³-hybridized carbons (Fsp3) is 0.412. The Balaban J connectivity index is 1.55. The molecule has 1 N–H and O–H groups in total. The first-order valence-corrected chi connectivity index (χ1v) is 7.92. The van der Waals surface area contributed by atoms with Crippen LogP contribution in [0.15, 0.2) is 24.4 Å². The number of benzene rings is 1. The lowest BCUT2D eigenvalue weighted by Crippen LogP contribution is -2.31. The summed E-state index contributed by atoms with van der Waals surface area (Å²) in [5.74, 6) is -1.53. The molecular formula is C17H20F2N4O. The Hall–Kier alpha value is -2.44. The van der Waals surface area contributed by atoms with Gasteiger partial charge < -0.3 is 10.2 Å². The molecule has 3 rings (SSSR count). The van der Waals surface area contributed by atoms with Gasteiger partial charge in [0.1, 0.15) is 0 Å². The number of nitrogens with zero attached hydrogens (tertiary/aromatic N) is 3. The van der Waals surface area contributed by atoms with Gasteiger partial charge >= 0.3 is 0 Å². The SMILES string of the molecule is Cc1c(C(=O)NCC2CCN(c3ccc(F)c(F)c3)C2)cnn1C. The van der Waals surface area contributed by atoms with Crippen LogP contribution in [0.1, 0.15) is 22.5 Å². The molecule has 1 atom stereocenters. The highest BCUT2D eigenvalue weighted by Crippen LogP contribution is 2.25. The van der Waals surface area contributed by atoms with Gasteiger partial charge in [0, 0.05) is 44.1 Å². The second kappa shape index (κ2) is 6.59. The number of halogens is 2. The molecule has 1 aliphatic rings. The van der Waals surface area contributed by atoms with E-state index in [2.05, 4.69) is 10.4 Å². The van der Waals surface area contributed by atoms with Crippen molar-refractivity contribution in [2.45, 2.75) is 13.3 Å². The number of anilines is 1. The molecular weight excluding hydrogens is 314 g/mol. The summed E-state index contributed by atoms with van der Waals surface area (Å²) in [5, 5.41) is 7.00. The predicted molar refractivity (Wildman–Crippen MR) is 87.0 cm³/mol. The van der Waals surface area contributed by atoms with Crippen molar-refractivity contribution in [2.24, 2.45) is 13.0 Å². The van der Waals surface area contributed by atoms with Gasteiger partial charge in [-0.2, -0.15) is 5.10 Å². The van der Waals surface area contributed by atoms with Crippen LogP contribution < -0.4 is 10.2 Å². The van der Waals surface area contributed by atoms with E-state index in [1.165, 1.54) is 6.07 Å². The molecule has 1 aliphatic heterocycles. The van der Waals surface area contributed by atoms with Gasteiger partial charge in [-0.1, -0.05) is 0 Å². The number of hydrogen-bond donors (Lipinski definition) is 1. The second-order valence-corrected chi connectivity index (χ2v) is 6.18. The van der Waals surface area contributed by atoms with Crippen molar-refractivity contribution < 1.29 is 13.6 Å². The van der Waals surface area contributed by atoms with E-state index in [0.717, 1.165) is 24.7 Å². The first-order chi connectivity index (χ1) is 11.5. The molecule has 1 unspecified atom stereocenters. The highest BCUT2D eigenvalue weighted by atomic mass is 19.2. The fourth-order valence-corrected chi connectivity index (χ4v) is 2.97. The average Bonchev–Trinajstić information content (AvgIpc) is 3.16. The maximum atomic E-state index is 13.3. The van der Waals surface area contributed by atoms with Crippen molar-refractivity contribution in [3.05, 3.63) is 47.3 Å². The van der Waals surface area contributed by atoms with Gasteiger partial charge in [-0.05, 0) is 31.4 Å². The van der Waals surface area contributed by atoms with Crippen molar-refractivity contribution in [1.82, 2.24) is 15.1 Å². The van der Waals surface area contributed by atoms with Crippen molar-refractivity contribution in [2.75, 3.05) is 24.5 Å². The number of carbonyl (C=O) groups excluding carboxylic acids is 1. The fourth-order valence-electron chi connectivity index (χ4n) is 2.97. The van der Waals surface area contributed by atoms with Crippen molar-refractivity contribution in [1.29, 1.82) is 0 Å². The Morgan fingerprint density at radius 1 is 1.38 bits per heavy atom. The standard InChI is InChI=1S/C17H20F2N4O/c1-11-14(9-21-22(11)2)17(24)20-8-12-5-6-23(10-12)13-3-4-15(18)16(19)7-13/h3-4,7,9,12H,5-6,8,10H2,1-2H3,(H,20,24). The lowest BCUT2D eigenvalue weighted by atomic mass is 10.1. The smallest absolute Gasteiger partial charge is 0.254 e. The molecule has 0 spiro atoms. The zero-order chi connectivity index (χ0) is 17.3. The number of amides is 1.